The molecule has 1 aliphatic rings. The highest BCUT2D eigenvalue weighted by atomic mass is 16.5. The van der Waals surface area contributed by atoms with Gasteiger partial charge >= 0.3 is 0 Å². The van der Waals surface area contributed by atoms with E-state index in [2.05, 4.69) is 11.0 Å². The average molecular weight is 308 g/mol. The minimum Gasteiger partial charge on any atom is -0.387 e. The quantitative estimate of drug-likeness (QED) is 0.943. The Morgan fingerprint density at radius 2 is 1.83 bits per heavy atom. The molecule has 2 aromatic rings. The zero-order valence-electron chi connectivity index (χ0n) is 13.0. The van der Waals surface area contributed by atoms with Crippen molar-refractivity contribution in [2.24, 2.45) is 0 Å². The van der Waals surface area contributed by atoms with Gasteiger partial charge in [0.05, 0.1) is 31.0 Å². The molecule has 0 aromatic heterocycles. The van der Waals surface area contributed by atoms with E-state index in [9.17, 15) is 5.11 Å². The highest BCUT2D eigenvalue weighted by molar-refractivity contribution is 5.65. The molecule has 1 heterocycles. The Balaban J connectivity index is 1.69. The van der Waals surface area contributed by atoms with E-state index < -0.39 is 6.10 Å². The van der Waals surface area contributed by atoms with E-state index in [1.807, 2.05) is 42.5 Å². The van der Waals surface area contributed by atoms with Gasteiger partial charge in [0.1, 0.15) is 0 Å². The molecule has 0 radical (unpaired) electrons. The molecular formula is C19H20N2O2. The van der Waals surface area contributed by atoms with Crippen molar-refractivity contribution in [1.82, 2.24) is 4.90 Å². The van der Waals surface area contributed by atoms with Crippen LogP contribution in [0.2, 0.25) is 0 Å². The van der Waals surface area contributed by atoms with Crippen LogP contribution in [0.5, 0.6) is 0 Å². The smallest absolute Gasteiger partial charge is 0.0991 e. The summed E-state index contributed by atoms with van der Waals surface area (Å²) in [5, 5.41) is 19.4. The molecule has 23 heavy (non-hydrogen) atoms. The normalized spacial score (nSPS) is 16.7. The second-order valence-corrected chi connectivity index (χ2v) is 5.74. The van der Waals surface area contributed by atoms with Crippen molar-refractivity contribution in [2.45, 2.75) is 6.10 Å². The number of β-amino-alcohol motifs (C(OH)–C–C–N with tert-alkyl or cyclic N) is 1. The van der Waals surface area contributed by atoms with Gasteiger partial charge in [0, 0.05) is 19.6 Å². The summed E-state index contributed by atoms with van der Waals surface area (Å²) in [5.74, 6) is 0. The van der Waals surface area contributed by atoms with E-state index in [1.165, 1.54) is 0 Å². The van der Waals surface area contributed by atoms with Crippen LogP contribution in [0.3, 0.4) is 0 Å². The van der Waals surface area contributed by atoms with Gasteiger partial charge in [0.2, 0.25) is 0 Å². The molecule has 2 aromatic carbocycles. The van der Waals surface area contributed by atoms with E-state index in [-0.39, 0.29) is 0 Å². The van der Waals surface area contributed by atoms with Gasteiger partial charge in [0.25, 0.3) is 0 Å². The molecule has 4 heteroatoms. The summed E-state index contributed by atoms with van der Waals surface area (Å²) >= 11 is 0. The Morgan fingerprint density at radius 1 is 1.09 bits per heavy atom. The molecule has 118 valence electrons. The van der Waals surface area contributed by atoms with Crippen LogP contribution in [0.25, 0.3) is 11.1 Å². The van der Waals surface area contributed by atoms with Gasteiger partial charge in [-0.2, -0.15) is 5.26 Å². The Bertz CT molecular complexity index is 685. The number of hydrogen-bond acceptors (Lipinski definition) is 4. The number of morpholine rings is 1. The molecule has 1 saturated heterocycles. The maximum Gasteiger partial charge on any atom is 0.0991 e. The molecule has 0 aliphatic carbocycles. The van der Waals surface area contributed by atoms with Crippen LogP contribution in [-0.2, 0) is 4.74 Å². The fourth-order valence-electron chi connectivity index (χ4n) is 2.80. The molecule has 0 amide bonds. The van der Waals surface area contributed by atoms with Crippen LogP contribution in [0.15, 0.2) is 48.5 Å². The van der Waals surface area contributed by atoms with Gasteiger partial charge in [-0.3, -0.25) is 4.90 Å². The lowest BCUT2D eigenvalue weighted by atomic mass is 10.0. The maximum absolute atomic E-state index is 10.4. The maximum atomic E-state index is 10.4. The number of nitrogens with zero attached hydrogens (tertiary/aromatic N) is 2. The summed E-state index contributed by atoms with van der Waals surface area (Å²) in [6.07, 6.45) is -0.493. The third-order valence-electron chi connectivity index (χ3n) is 4.16. The number of hydrogen-bond donors (Lipinski definition) is 1. The van der Waals surface area contributed by atoms with Gasteiger partial charge in [-0.25, -0.2) is 0 Å². The van der Waals surface area contributed by atoms with E-state index in [4.69, 9.17) is 10.00 Å². The molecule has 0 unspecified atom stereocenters. The van der Waals surface area contributed by atoms with Crippen molar-refractivity contribution in [2.75, 3.05) is 32.8 Å². The molecule has 1 aliphatic heterocycles. The van der Waals surface area contributed by atoms with E-state index in [0.717, 1.165) is 43.0 Å². The molecule has 0 bridgehead atoms. The number of aliphatic hydroxyl groups is 1. The summed E-state index contributed by atoms with van der Waals surface area (Å²) in [6.45, 7) is 3.85. The third-order valence-corrected chi connectivity index (χ3v) is 4.16. The van der Waals surface area contributed by atoms with Crippen LogP contribution < -0.4 is 0 Å². The Hall–Kier alpha value is -2.19. The number of ether oxygens (including phenoxy) is 1. The van der Waals surface area contributed by atoms with Crippen molar-refractivity contribution in [3.05, 3.63) is 59.7 Å². The van der Waals surface area contributed by atoms with Crippen molar-refractivity contribution in [1.29, 1.82) is 5.26 Å². The average Bonchev–Trinajstić information content (AvgIpc) is 2.63. The first-order valence-electron chi connectivity index (χ1n) is 7.85. The molecule has 0 spiro atoms. The third kappa shape index (κ3) is 3.96. The van der Waals surface area contributed by atoms with Gasteiger partial charge in [0.15, 0.2) is 0 Å². The predicted molar refractivity (Wildman–Crippen MR) is 88.8 cm³/mol. The summed E-state index contributed by atoms with van der Waals surface area (Å²) in [4.78, 5) is 2.22. The molecule has 4 nitrogen and oxygen atoms in total. The number of rotatable bonds is 4. The van der Waals surface area contributed by atoms with E-state index in [0.29, 0.717) is 12.1 Å². The Labute approximate surface area is 136 Å². The Morgan fingerprint density at radius 3 is 2.52 bits per heavy atom. The van der Waals surface area contributed by atoms with Crippen LogP contribution in [0, 0.1) is 11.3 Å². The first kappa shape index (κ1) is 15.7. The molecule has 0 saturated carbocycles. The highest BCUT2D eigenvalue weighted by Gasteiger charge is 2.16. The van der Waals surface area contributed by atoms with Crippen molar-refractivity contribution in [3.8, 4) is 17.2 Å². The fourth-order valence-corrected chi connectivity index (χ4v) is 2.80. The SMILES string of the molecule is N#Cc1cccc(-c2ccc([C@H](O)CN3CCOCC3)cc2)c1. The lowest BCUT2D eigenvalue weighted by Crippen LogP contribution is -2.38. The van der Waals surface area contributed by atoms with Crippen LogP contribution >= 0.6 is 0 Å². The molecule has 1 atom stereocenters. The van der Waals surface area contributed by atoms with Crippen LogP contribution in [0.4, 0.5) is 0 Å². The summed E-state index contributed by atoms with van der Waals surface area (Å²) in [7, 11) is 0. The van der Waals surface area contributed by atoms with Crippen molar-refractivity contribution >= 4 is 0 Å². The molecule has 3 rings (SSSR count). The summed E-state index contributed by atoms with van der Waals surface area (Å²) in [5.41, 5.74) is 3.62. The monoisotopic (exact) mass is 308 g/mol. The van der Waals surface area contributed by atoms with Gasteiger partial charge in [-0.1, -0.05) is 36.4 Å². The second kappa shape index (κ2) is 7.38. The molecule has 1 N–H and O–H groups in total. The number of benzene rings is 2. The van der Waals surface area contributed by atoms with Crippen LogP contribution in [-0.4, -0.2) is 42.9 Å². The van der Waals surface area contributed by atoms with Gasteiger partial charge in [-0.05, 0) is 28.8 Å². The first-order valence-corrected chi connectivity index (χ1v) is 7.85. The lowest BCUT2D eigenvalue weighted by molar-refractivity contribution is 0.0143. The largest absolute Gasteiger partial charge is 0.387 e. The predicted octanol–water partition coefficient (Wildman–Crippen LogP) is 2.59. The minimum atomic E-state index is -0.493. The molecular weight excluding hydrogens is 288 g/mol. The fraction of sp³-hybridized carbons (Fsp3) is 0.316. The Kier molecular flexibility index (Phi) is 5.04. The van der Waals surface area contributed by atoms with E-state index in [1.54, 1.807) is 6.07 Å². The highest BCUT2D eigenvalue weighted by Crippen LogP contribution is 2.23. The zero-order valence-corrected chi connectivity index (χ0v) is 13.0. The van der Waals surface area contributed by atoms with Crippen LogP contribution in [0.1, 0.15) is 17.2 Å². The topological polar surface area (TPSA) is 56.5 Å². The zero-order chi connectivity index (χ0) is 16.1. The summed E-state index contributed by atoms with van der Waals surface area (Å²) in [6, 6.07) is 17.6. The number of aliphatic hydroxyl groups excluding tert-OH is 1. The van der Waals surface area contributed by atoms with E-state index >= 15 is 0 Å². The minimum absolute atomic E-state index is 0.493. The number of nitriles is 1. The van der Waals surface area contributed by atoms with Crippen molar-refractivity contribution in [3.63, 3.8) is 0 Å². The lowest BCUT2D eigenvalue weighted by Gasteiger charge is -2.28. The standard InChI is InChI=1S/C19H20N2O2/c20-13-15-2-1-3-18(12-15)16-4-6-17(7-5-16)19(22)14-21-8-10-23-11-9-21/h1-7,12,19,22H,8-11,14H2/t19-/m1/s1. The van der Waals surface area contributed by atoms with Gasteiger partial charge in [-0.15, -0.1) is 0 Å². The first-order chi connectivity index (χ1) is 11.3. The summed E-state index contributed by atoms with van der Waals surface area (Å²) < 4.78 is 5.32. The van der Waals surface area contributed by atoms with Crippen molar-refractivity contribution < 1.29 is 9.84 Å². The molecule has 1 fully saturated rings. The second-order valence-electron chi connectivity index (χ2n) is 5.74. The van der Waals surface area contributed by atoms with Gasteiger partial charge < -0.3 is 9.84 Å².